The maximum atomic E-state index is 5.81. The van der Waals surface area contributed by atoms with Crippen LogP contribution in [0.1, 0.15) is 37.5 Å². The molecule has 1 aromatic carbocycles. The van der Waals surface area contributed by atoms with Gasteiger partial charge in [0, 0.05) is 12.8 Å². The van der Waals surface area contributed by atoms with E-state index in [1.165, 1.54) is 5.56 Å². The lowest BCUT2D eigenvalue weighted by molar-refractivity contribution is 0.329. The zero-order valence-corrected chi connectivity index (χ0v) is 12.2. The van der Waals surface area contributed by atoms with Gasteiger partial charge >= 0.3 is 0 Å². The number of nitrogens with two attached hydrogens (primary N) is 1. The van der Waals surface area contributed by atoms with Crippen molar-refractivity contribution in [2.24, 2.45) is 17.6 Å². The van der Waals surface area contributed by atoms with Crippen molar-refractivity contribution in [2.45, 2.75) is 33.1 Å². The number of aromatic nitrogens is 2. The van der Waals surface area contributed by atoms with Crippen molar-refractivity contribution in [3.8, 4) is 0 Å². The largest absolute Gasteiger partial charge is 0.339 e. The van der Waals surface area contributed by atoms with Gasteiger partial charge in [-0.15, -0.1) is 0 Å². The van der Waals surface area contributed by atoms with Gasteiger partial charge in [0.25, 0.3) is 0 Å². The number of rotatable bonds is 7. The zero-order chi connectivity index (χ0) is 14.4. The Morgan fingerprint density at radius 1 is 1.20 bits per heavy atom. The number of hydrogen-bond acceptors (Lipinski definition) is 4. The summed E-state index contributed by atoms with van der Waals surface area (Å²) in [6, 6.07) is 10.2. The van der Waals surface area contributed by atoms with E-state index in [2.05, 4.69) is 36.1 Å². The smallest absolute Gasteiger partial charge is 0.226 e. The Morgan fingerprint density at radius 3 is 2.60 bits per heavy atom. The second-order valence-electron chi connectivity index (χ2n) is 5.70. The molecule has 0 aliphatic carbocycles. The molecule has 0 amide bonds. The molecule has 1 atom stereocenters. The van der Waals surface area contributed by atoms with Crippen LogP contribution < -0.4 is 5.73 Å². The molecule has 4 nitrogen and oxygen atoms in total. The van der Waals surface area contributed by atoms with Crippen LogP contribution in [0.5, 0.6) is 0 Å². The van der Waals surface area contributed by atoms with Gasteiger partial charge in [-0.2, -0.15) is 4.98 Å². The van der Waals surface area contributed by atoms with E-state index < -0.39 is 0 Å². The lowest BCUT2D eigenvalue weighted by atomic mass is 9.94. The molecule has 0 aliphatic heterocycles. The third-order valence-corrected chi connectivity index (χ3v) is 3.32. The quantitative estimate of drug-likeness (QED) is 0.842. The SMILES string of the molecule is CC(C)C[C@H](CN)Cc1nc(Cc2ccccc2)no1. The molecule has 0 spiro atoms. The molecule has 0 radical (unpaired) electrons. The van der Waals surface area contributed by atoms with Gasteiger partial charge in [0.1, 0.15) is 0 Å². The van der Waals surface area contributed by atoms with Crippen molar-refractivity contribution in [1.29, 1.82) is 0 Å². The number of nitrogens with zero attached hydrogens (tertiary/aromatic N) is 2. The van der Waals surface area contributed by atoms with Gasteiger partial charge in [-0.3, -0.25) is 0 Å². The molecule has 0 unspecified atom stereocenters. The molecule has 2 N–H and O–H groups in total. The van der Waals surface area contributed by atoms with Gasteiger partial charge in [-0.05, 0) is 30.4 Å². The maximum Gasteiger partial charge on any atom is 0.226 e. The predicted molar refractivity (Wildman–Crippen MR) is 79.2 cm³/mol. The van der Waals surface area contributed by atoms with Crippen molar-refractivity contribution in [3.05, 3.63) is 47.6 Å². The summed E-state index contributed by atoms with van der Waals surface area (Å²) in [6.45, 7) is 5.07. The normalized spacial score (nSPS) is 12.8. The highest BCUT2D eigenvalue weighted by atomic mass is 16.5. The van der Waals surface area contributed by atoms with E-state index in [9.17, 15) is 0 Å². The average molecular weight is 273 g/mol. The van der Waals surface area contributed by atoms with Crippen molar-refractivity contribution < 1.29 is 4.52 Å². The zero-order valence-electron chi connectivity index (χ0n) is 12.2. The van der Waals surface area contributed by atoms with E-state index in [0.717, 1.165) is 18.7 Å². The Hall–Kier alpha value is -1.68. The van der Waals surface area contributed by atoms with Crippen LogP contribution in [0.15, 0.2) is 34.9 Å². The molecule has 0 bridgehead atoms. The first kappa shape index (κ1) is 14.7. The van der Waals surface area contributed by atoms with Gasteiger partial charge < -0.3 is 10.3 Å². The third kappa shape index (κ3) is 4.46. The van der Waals surface area contributed by atoms with Crippen LogP contribution in [0, 0.1) is 11.8 Å². The monoisotopic (exact) mass is 273 g/mol. The minimum absolute atomic E-state index is 0.417. The minimum Gasteiger partial charge on any atom is -0.339 e. The van der Waals surface area contributed by atoms with Crippen LogP contribution in [0.3, 0.4) is 0 Å². The van der Waals surface area contributed by atoms with E-state index in [1.807, 2.05) is 18.2 Å². The second kappa shape index (κ2) is 7.20. The van der Waals surface area contributed by atoms with Gasteiger partial charge in [0.2, 0.25) is 5.89 Å². The van der Waals surface area contributed by atoms with E-state index in [4.69, 9.17) is 10.3 Å². The molecule has 0 saturated heterocycles. The topological polar surface area (TPSA) is 64.9 Å². The molecule has 0 fully saturated rings. The molecular weight excluding hydrogens is 250 g/mol. The first-order chi connectivity index (χ1) is 9.67. The standard InChI is InChI=1S/C16H23N3O/c1-12(2)8-14(11-17)10-16-18-15(19-20-16)9-13-6-4-3-5-7-13/h3-7,12,14H,8-11,17H2,1-2H3/t14-/m0/s1. The summed E-state index contributed by atoms with van der Waals surface area (Å²) < 4.78 is 5.33. The fourth-order valence-corrected chi connectivity index (χ4v) is 2.40. The van der Waals surface area contributed by atoms with Crippen LogP contribution in [0.2, 0.25) is 0 Å². The highest BCUT2D eigenvalue weighted by Crippen LogP contribution is 2.16. The Kier molecular flexibility index (Phi) is 5.30. The van der Waals surface area contributed by atoms with Crippen LogP contribution in [0.4, 0.5) is 0 Å². The molecular formula is C16H23N3O. The number of hydrogen-bond donors (Lipinski definition) is 1. The van der Waals surface area contributed by atoms with Crippen LogP contribution in [0.25, 0.3) is 0 Å². The summed E-state index contributed by atoms with van der Waals surface area (Å²) in [5, 5.41) is 4.05. The summed E-state index contributed by atoms with van der Waals surface area (Å²) in [6.07, 6.45) is 2.57. The van der Waals surface area contributed by atoms with E-state index in [0.29, 0.717) is 30.7 Å². The van der Waals surface area contributed by atoms with Crippen LogP contribution >= 0.6 is 0 Å². The van der Waals surface area contributed by atoms with Crippen molar-refractivity contribution in [3.63, 3.8) is 0 Å². The summed E-state index contributed by atoms with van der Waals surface area (Å²) in [7, 11) is 0. The molecule has 1 heterocycles. The molecule has 2 rings (SSSR count). The van der Waals surface area contributed by atoms with Crippen molar-refractivity contribution in [1.82, 2.24) is 10.1 Å². The molecule has 0 aliphatic rings. The van der Waals surface area contributed by atoms with Gasteiger partial charge in [0.15, 0.2) is 5.82 Å². The average Bonchev–Trinajstić information content (AvgIpc) is 2.86. The first-order valence-corrected chi connectivity index (χ1v) is 7.22. The Balaban J connectivity index is 1.95. The van der Waals surface area contributed by atoms with Gasteiger partial charge in [-0.1, -0.05) is 49.3 Å². The third-order valence-electron chi connectivity index (χ3n) is 3.32. The van der Waals surface area contributed by atoms with Gasteiger partial charge in [-0.25, -0.2) is 0 Å². The first-order valence-electron chi connectivity index (χ1n) is 7.22. The highest BCUT2D eigenvalue weighted by molar-refractivity contribution is 5.18. The fourth-order valence-electron chi connectivity index (χ4n) is 2.40. The van der Waals surface area contributed by atoms with E-state index in [-0.39, 0.29) is 0 Å². The molecule has 2 aromatic rings. The van der Waals surface area contributed by atoms with E-state index in [1.54, 1.807) is 0 Å². The predicted octanol–water partition coefficient (Wildman–Crippen LogP) is 2.82. The minimum atomic E-state index is 0.417. The van der Waals surface area contributed by atoms with Crippen molar-refractivity contribution in [2.75, 3.05) is 6.54 Å². The summed E-state index contributed by atoms with van der Waals surface area (Å²) in [5.74, 6) is 2.49. The lowest BCUT2D eigenvalue weighted by Crippen LogP contribution is -2.19. The Morgan fingerprint density at radius 2 is 1.95 bits per heavy atom. The lowest BCUT2D eigenvalue weighted by Gasteiger charge is -2.14. The Labute approximate surface area is 120 Å². The van der Waals surface area contributed by atoms with Gasteiger partial charge in [0.05, 0.1) is 0 Å². The molecule has 4 heteroatoms. The molecule has 108 valence electrons. The molecule has 1 aromatic heterocycles. The summed E-state index contributed by atoms with van der Waals surface area (Å²) in [5.41, 5.74) is 7.00. The number of benzene rings is 1. The maximum absolute atomic E-state index is 5.81. The van der Waals surface area contributed by atoms with Crippen molar-refractivity contribution >= 4 is 0 Å². The van der Waals surface area contributed by atoms with Crippen LogP contribution in [-0.4, -0.2) is 16.7 Å². The van der Waals surface area contributed by atoms with E-state index >= 15 is 0 Å². The second-order valence-corrected chi connectivity index (χ2v) is 5.70. The molecule has 0 saturated carbocycles. The molecule has 20 heavy (non-hydrogen) atoms. The summed E-state index contributed by atoms with van der Waals surface area (Å²) >= 11 is 0. The van der Waals surface area contributed by atoms with Crippen LogP contribution in [-0.2, 0) is 12.8 Å². The summed E-state index contributed by atoms with van der Waals surface area (Å²) in [4.78, 5) is 4.47. The fraction of sp³-hybridized carbons (Fsp3) is 0.500. The highest BCUT2D eigenvalue weighted by Gasteiger charge is 2.15. The Bertz CT molecular complexity index is 507.